The van der Waals surface area contributed by atoms with Gasteiger partial charge in [0.15, 0.2) is 5.13 Å². The second kappa shape index (κ2) is 16.8. The largest absolute Gasteiger partial charge is 0.433 e. The van der Waals surface area contributed by atoms with E-state index in [0.717, 1.165) is 78.9 Å². The summed E-state index contributed by atoms with van der Waals surface area (Å²) in [5.41, 5.74) is -0.0422. The Kier molecular flexibility index (Phi) is 11.5. The number of hydrogen-bond acceptors (Lipinski definition) is 12. The van der Waals surface area contributed by atoms with Crippen LogP contribution in [0.3, 0.4) is 0 Å². The van der Waals surface area contributed by atoms with Crippen molar-refractivity contribution < 1.29 is 42.3 Å². The van der Waals surface area contributed by atoms with Gasteiger partial charge in [0.25, 0.3) is 17.7 Å². The summed E-state index contributed by atoms with van der Waals surface area (Å²) in [5.74, 6) is -1.68. The molecule has 1 spiro atoms. The molecule has 1 unspecified atom stereocenters. The number of aromatic nitrogens is 2. The van der Waals surface area contributed by atoms with Crippen molar-refractivity contribution in [2.75, 3.05) is 54.8 Å². The zero-order valence-electron chi connectivity index (χ0n) is 35.7. The molecule has 338 valence electrons. The SMILES string of the molecule is CC(C)(O)c1cc2nc(N3CCC(CN4CCC5(CC4)CC(CCNc4cccc6c4C(=O)N(C4CCC(=O)NC4=O)C6=O)C5)CC3)sc2cc1NC(=O)c1cccc(C(F)(F)F)n1. The van der Waals surface area contributed by atoms with Crippen molar-refractivity contribution in [3.63, 3.8) is 0 Å². The molecule has 5 amide bonds. The van der Waals surface area contributed by atoms with E-state index in [9.17, 15) is 42.3 Å². The molecule has 2 aromatic heterocycles. The van der Waals surface area contributed by atoms with Crippen molar-refractivity contribution in [3.8, 4) is 0 Å². The van der Waals surface area contributed by atoms with E-state index in [1.165, 1.54) is 43.1 Å². The van der Waals surface area contributed by atoms with E-state index in [1.54, 1.807) is 44.2 Å². The second-order valence-corrected chi connectivity index (χ2v) is 19.7. The molecule has 4 aromatic rings. The number of benzene rings is 2. The Morgan fingerprint density at radius 2 is 1.66 bits per heavy atom. The van der Waals surface area contributed by atoms with Gasteiger partial charge in [-0.2, -0.15) is 13.2 Å². The molecule has 1 saturated carbocycles. The van der Waals surface area contributed by atoms with Gasteiger partial charge >= 0.3 is 6.18 Å². The lowest BCUT2D eigenvalue weighted by atomic mass is 9.57. The second-order valence-electron chi connectivity index (χ2n) is 18.7. The predicted octanol–water partition coefficient (Wildman–Crippen LogP) is 6.80. The highest BCUT2D eigenvalue weighted by Crippen LogP contribution is 2.54. The number of anilines is 3. The maximum absolute atomic E-state index is 13.5. The highest BCUT2D eigenvalue weighted by Gasteiger charge is 2.47. The quantitative estimate of drug-likeness (QED) is 0.117. The number of piperidine rings is 3. The van der Waals surface area contributed by atoms with E-state index in [0.29, 0.717) is 40.6 Å². The van der Waals surface area contributed by atoms with Gasteiger partial charge in [0.05, 0.1) is 26.9 Å². The van der Waals surface area contributed by atoms with Crippen LogP contribution < -0.4 is 20.9 Å². The molecule has 1 aliphatic carbocycles. The van der Waals surface area contributed by atoms with Crippen LogP contribution in [-0.2, 0) is 21.4 Å². The van der Waals surface area contributed by atoms with Gasteiger partial charge < -0.3 is 25.5 Å². The summed E-state index contributed by atoms with van der Waals surface area (Å²) in [7, 11) is 0. The third-order valence-electron chi connectivity index (χ3n) is 13.8. The number of hydrogen-bond donors (Lipinski definition) is 4. The number of nitrogens with zero attached hydrogens (tertiary/aromatic N) is 5. The van der Waals surface area contributed by atoms with E-state index in [4.69, 9.17) is 4.98 Å². The Labute approximate surface area is 372 Å². The molecule has 0 radical (unpaired) electrons. The number of alkyl halides is 3. The van der Waals surface area contributed by atoms with Crippen LogP contribution in [0, 0.1) is 17.3 Å². The van der Waals surface area contributed by atoms with Gasteiger partial charge in [0, 0.05) is 49.5 Å². The smallest absolute Gasteiger partial charge is 0.386 e. The third kappa shape index (κ3) is 8.71. The minimum atomic E-state index is -4.69. The average Bonchev–Trinajstić information content (AvgIpc) is 3.77. The maximum Gasteiger partial charge on any atom is 0.433 e. The molecule has 0 bridgehead atoms. The molecule has 2 aromatic carbocycles. The fraction of sp³-hybridized carbons (Fsp3) is 0.500. The number of carbonyl (C=O) groups excluding carboxylic acids is 5. The van der Waals surface area contributed by atoms with Crippen LogP contribution in [0.1, 0.15) is 114 Å². The summed E-state index contributed by atoms with van der Waals surface area (Å²) < 4.78 is 40.6. The first-order valence-corrected chi connectivity index (χ1v) is 22.9. The van der Waals surface area contributed by atoms with Crippen LogP contribution in [0.15, 0.2) is 48.5 Å². The van der Waals surface area contributed by atoms with Gasteiger partial charge in [-0.1, -0.05) is 23.5 Å². The fourth-order valence-electron chi connectivity index (χ4n) is 10.3. The molecule has 3 saturated heterocycles. The first-order chi connectivity index (χ1) is 30.4. The maximum atomic E-state index is 13.5. The first kappa shape index (κ1) is 43.8. The van der Waals surface area contributed by atoms with Crippen LogP contribution in [0.4, 0.5) is 29.7 Å². The Bertz CT molecular complexity index is 2520. The van der Waals surface area contributed by atoms with Crippen molar-refractivity contribution in [1.29, 1.82) is 0 Å². The number of aliphatic hydroxyl groups is 1. The number of pyridine rings is 1. The van der Waals surface area contributed by atoms with Crippen molar-refractivity contribution in [1.82, 2.24) is 25.1 Å². The fourth-order valence-corrected chi connectivity index (χ4v) is 11.4. The van der Waals surface area contributed by atoms with Crippen molar-refractivity contribution in [2.24, 2.45) is 17.3 Å². The molecule has 9 rings (SSSR count). The number of halogens is 3. The topological polar surface area (TPSA) is 177 Å². The number of rotatable bonds is 11. The minimum absolute atomic E-state index is 0.0777. The van der Waals surface area contributed by atoms with Gasteiger partial charge in [0.2, 0.25) is 11.8 Å². The summed E-state index contributed by atoms with van der Waals surface area (Å²) >= 11 is 1.48. The molecule has 4 fully saturated rings. The number of thiazole rings is 1. The number of amides is 5. The van der Waals surface area contributed by atoms with Gasteiger partial charge in [0.1, 0.15) is 17.4 Å². The van der Waals surface area contributed by atoms with E-state index in [2.05, 4.69) is 30.7 Å². The van der Waals surface area contributed by atoms with Crippen LogP contribution in [0.5, 0.6) is 0 Å². The van der Waals surface area contributed by atoms with Crippen LogP contribution in [0.25, 0.3) is 10.2 Å². The zero-order chi connectivity index (χ0) is 45.1. The zero-order valence-corrected chi connectivity index (χ0v) is 36.5. The number of nitrogens with one attached hydrogen (secondary N) is 3. The molecule has 1 atom stereocenters. The van der Waals surface area contributed by atoms with E-state index in [1.807, 2.05) is 0 Å². The summed E-state index contributed by atoms with van der Waals surface area (Å²) in [6, 6.07) is 10.8. The third-order valence-corrected chi connectivity index (χ3v) is 14.9. The Morgan fingerprint density at radius 3 is 2.36 bits per heavy atom. The molecular weight excluding hydrogens is 850 g/mol. The number of imide groups is 2. The van der Waals surface area contributed by atoms with E-state index >= 15 is 0 Å². The van der Waals surface area contributed by atoms with Gasteiger partial charge in [-0.25, -0.2) is 9.97 Å². The molecule has 4 aliphatic heterocycles. The highest BCUT2D eigenvalue weighted by atomic mass is 32.1. The van der Waals surface area contributed by atoms with Gasteiger partial charge in [-0.3, -0.25) is 34.2 Å². The molecule has 4 N–H and O–H groups in total. The summed E-state index contributed by atoms with van der Waals surface area (Å²) in [6.45, 7) is 8.78. The van der Waals surface area contributed by atoms with Gasteiger partial charge in [-0.15, -0.1) is 0 Å². The summed E-state index contributed by atoms with van der Waals surface area (Å²) in [5, 5.41) is 20.2. The average molecular weight is 901 g/mol. The summed E-state index contributed by atoms with van der Waals surface area (Å²) in [6.07, 6.45) is 3.28. The highest BCUT2D eigenvalue weighted by molar-refractivity contribution is 7.22. The van der Waals surface area contributed by atoms with Crippen LogP contribution >= 0.6 is 11.3 Å². The molecule has 6 heterocycles. The number of likely N-dealkylation sites (tertiary alicyclic amines) is 1. The summed E-state index contributed by atoms with van der Waals surface area (Å²) in [4.78, 5) is 78.2. The normalized spacial score (nSPS) is 21.1. The Morgan fingerprint density at radius 1 is 0.922 bits per heavy atom. The monoisotopic (exact) mass is 900 g/mol. The number of carbonyl (C=O) groups is 5. The van der Waals surface area contributed by atoms with Crippen molar-refractivity contribution in [3.05, 3.63) is 76.6 Å². The lowest BCUT2D eigenvalue weighted by molar-refractivity contribution is -0.141. The Balaban J connectivity index is 0.730. The predicted molar refractivity (Wildman–Crippen MR) is 234 cm³/mol. The Hall–Kier alpha value is -5.46. The first-order valence-electron chi connectivity index (χ1n) is 22.0. The van der Waals surface area contributed by atoms with E-state index in [-0.39, 0.29) is 35.3 Å². The lowest BCUT2D eigenvalue weighted by Crippen LogP contribution is -2.54. The molecular formula is C46H51F3N8O6S. The minimum Gasteiger partial charge on any atom is -0.386 e. The van der Waals surface area contributed by atoms with Gasteiger partial charge in [-0.05, 0) is 132 Å². The van der Waals surface area contributed by atoms with Crippen LogP contribution in [0.2, 0.25) is 0 Å². The molecule has 5 aliphatic rings. The molecule has 18 heteroatoms. The molecule has 14 nitrogen and oxygen atoms in total. The lowest BCUT2D eigenvalue weighted by Gasteiger charge is -2.53. The van der Waals surface area contributed by atoms with Crippen LogP contribution in [-0.4, -0.2) is 99.7 Å². The standard InChI is InChI=1S/C46H51F3N8O6S/c1-44(2,63)29-21-33-35(22-32(29)52-39(59)31-7-4-8-36(51-31)46(47,48)49)64-43(53-33)56-17-12-26(13-18-56)25-55-19-14-45(15-20-55)23-27(24-45)11-16-50-30-6-3-5-28-38(30)42(62)57(41(28)61)34-9-10-37(58)54-40(34)60/h3-8,21-22,26-27,34,50,63H,9-20,23-25H2,1-2H3,(H,52,59)(H,54,58,60). The number of fused-ring (bicyclic) bond motifs is 2. The van der Waals surface area contributed by atoms with Crippen molar-refractivity contribution in [2.45, 2.75) is 89.5 Å². The molecule has 64 heavy (non-hydrogen) atoms. The van der Waals surface area contributed by atoms with Crippen molar-refractivity contribution >= 4 is 67.6 Å². The van der Waals surface area contributed by atoms with E-state index < -0.39 is 53.0 Å².